The molecule has 0 spiro atoms. The Hall–Kier alpha value is -1.66. The zero-order chi connectivity index (χ0) is 12.3. The zero-order valence-electron chi connectivity index (χ0n) is 9.24. The molecule has 1 aromatic heterocycles. The quantitative estimate of drug-likeness (QED) is 0.599. The van der Waals surface area contributed by atoms with E-state index in [4.69, 9.17) is 5.84 Å². The van der Waals surface area contributed by atoms with Crippen LogP contribution in [0.3, 0.4) is 0 Å². The van der Waals surface area contributed by atoms with Crippen molar-refractivity contribution in [2.75, 3.05) is 10.7 Å². The van der Waals surface area contributed by atoms with Crippen LogP contribution in [0.1, 0.15) is 5.56 Å². The van der Waals surface area contributed by atoms with Crippen molar-refractivity contribution in [2.45, 2.75) is 6.92 Å². The molecule has 2 aromatic rings. The van der Waals surface area contributed by atoms with Crippen LogP contribution in [0.25, 0.3) is 0 Å². The van der Waals surface area contributed by atoms with Gasteiger partial charge in [0.1, 0.15) is 16.6 Å². The Morgan fingerprint density at radius 1 is 1.24 bits per heavy atom. The Labute approximate surface area is 108 Å². The van der Waals surface area contributed by atoms with E-state index in [1.54, 1.807) is 0 Å². The molecule has 1 aromatic carbocycles. The van der Waals surface area contributed by atoms with E-state index in [0.717, 1.165) is 5.69 Å². The molecule has 4 N–H and O–H groups in total. The minimum atomic E-state index is 0.537. The van der Waals surface area contributed by atoms with Gasteiger partial charge < -0.3 is 10.7 Å². The predicted octanol–water partition coefficient (Wildman–Crippen LogP) is 2.58. The molecule has 5 nitrogen and oxygen atoms in total. The summed E-state index contributed by atoms with van der Waals surface area (Å²) in [5.41, 5.74) is 4.64. The van der Waals surface area contributed by atoms with Gasteiger partial charge in [0.05, 0.1) is 0 Å². The molecule has 2 rings (SSSR count). The molecule has 0 aliphatic rings. The summed E-state index contributed by atoms with van der Waals surface area (Å²) in [5.74, 6) is 6.54. The van der Waals surface area contributed by atoms with E-state index in [-0.39, 0.29) is 0 Å². The highest BCUT2D eigenvalue weighted by Gasteiger charge is 2.07. The van der Waals surface area contributed by atoms with Crippen LogP contribution < -0.4 is 16.6 Å². The molecular weight excluding hydrogens is 282 g/mol. The van der Waals surface area contributed by atoms with Crippen molar-refractivity contribution < 1.29 is 0 Å². The molecule has 0 amide bonds. The maximum absolute atomic E-state index is 5.34. The number of nitrogen functional groups attached to an aromatic ring is 1. The normalized spacial score (nSPS) is 10.1. The molecule has 0 aliphatic heterocycles. The summed E-state index contributed by atoms with van der Waals surface area (Å²) in [4.78, 5) is 8.13. The average Bonchev–Trinajstić information content (AvgIpc) is 2.32. The number of aromatic nitrogens is 2. The highest BCUT2D eigenvalue weighted by molar-refractivity contribution is 9.10. The number of hydrazine groups is 1. The van der Waals surface area contributed by atoms with Crippen molar-refractivity contribution in [2.24, 2.45) is 5.84 Å². The van der Waals surface area contributed by atoms with Gasteiger partial charge in [-0.05, 0) is 40.5 Å². The third-order valence-corrected chi connectivity index (χ3v) is 2.96. The molecule has 0 saturated carbocycles. The van der Waals surface area contributed by atoms with Crippen molar-refractivity contribution in [3.8, 4) is 0 Å². The van der Waals surface area contributed by atoms with Crippen molar-refractivity contribution in [3.05, 3.63) is 40.6 Å². The van der Waals surface area contributed by atoms with Crippen LogP contribution in [-0.2, 0) is 0 Å². The summed E-state index contributed by atoms with van der Waals surface area (Å²) in [6.07, 6.45) is 1.44. The van der Waals surface area contributed by atoms with Crippen LogP contribution in [0.4, 0.5) is 17.3 Å². The second-order valence-corrected chi connectivity index (χ2v) is 4.32. The summed E-state index contributed by atoms with van der Waals surface area (Å²) >= 11 is 3.39. The molecule has 88 valence electrons. The Kier molecular flexibility index (Phi) is 3.55. The second-order valence-electron chi connectivity index (χ2n) is 3.52. The fraction of sp³-hybridized carbons (Fsp3) is 0.0909. The van der Waals surface area contributed by atoms with E-state index in [2.05, 4.69) is 36.6 Å². The number of aryl methyl sites for hydroxylation is 1. The van der Waals surface area contributed by atoms with E-state index >= 15 is 0 Å². The number of nitrogens with two attached hydrogens (primary N) is 1. The van der Waals surface area contributed by atoms with Gasteiger partial charge in [0.2, 0.25) is 0 Å². The number of nitrogens with one attached hydrogen (secondary N) is 2. The third-order valence-electron chi connectivity index (χ3n) is 2.21. The molecule has 0 fully saturated rings. The topological polar surface area (TPSA) is 75.9 Å². The van der Waals surface area contributed by atoms with E-state index in [1.165, 1.54) is 11.9 Å². The Balaban J connectivity index is 2.30. The molecule has 0 radical (unpaired) electrons. The number of hydrogen-bond acceptors (Lipinski definition) is 5. The summed E-state index contributed by atoms with van der Waals surface area (Å²) < 4.78 is 0.698. The van der Waals surface area contributed by atoms with Crippen LogP contribution in [0.15, 0.2) is 35.1 Å². The Morgan fingerprint density at radius 3 is 2.71 bits per heavy atom. The minimum Gasteiger partial charge on any atom is -0.339 e. The van der Waals surface area contributed by atoms with Crippen molar-refractivity contribution in [1.82, 2.24) is 9.97 Å². The molecule has 17 heavy (non-hydrogen) atoms. The largest absolute Gasteiger partial charge is 0.339 e. The molecule has 0 bridgehead atoms. The van der Waals surface area contributed by atoms with Gasteiger partial charge in [-0.15, -0.1) is 0 Å². The monoisotopic (exact) mass is 293 g/mol. The zero-order valence-corrected chi connectivity index (χ0v) is 10.8. The lowest BCUT2D eigenvalue weighted by molar-refractivity contribution is 1.12. The summed E-state index contributed by atoms with van der Waals surface area (Å²) in [7, 11) is 0. The molecule has 0 saturated heterocycles. The first kappa shape index (κ1) is 11.8. The summed E-state index contributed by atoms with van der Waals surface area (Å²) in [6, 6.07) is 8.02. The fourth-order valence-electron chi connectivity index (χ4n) is 1.42. The first-order valence-electron chi connectivity index (χ1n) is 5.01. The van der Waals surface area contributed by atoms with Gasteiger partial charge >= 0.3 is 0 Å². The number of hydrogen-bond donors (Lipinski definition) is 3. The van der Waals surface area contributed by atoms with E-state index in [0.29, 0.717) is 16.1 Å². The molecule has 0 unspecified atom stereocenters. The van der Waals surface area contributed by atoms with Gasteiger partial charge in [-0.3, -0.25) is 0 Å². The molecular formula is C11H12BrN5. The molecule has 1 heterocycles. The summed E-state index contributed by atoms with van der Waals surface area (Å²) in [6.45, 7) is 2.03. The van der Waals surface area contributed by atoms with Crippen molar-refractivity contribution in [3.63, 3.8) is 0 Å². The van der Waals surface area contributed by atoms with Gasteiger partial charge in [0.25, 0.3) is 0 Å². The molecule has 0 aliphatic carbocycles. The van der Waals surface area contributed by atoms with Crippen LogP contribution in [0.5, 0.6) is 0 Å². The second kappa shape index (κ2) is 5.11. The molecule has 6 heteroatoms. The number of benzene rings is 1. The maximum atomic E-state index is 5.34. The lowest BCUT2D eigenvalue weighted by Gasteiger charge is -2.10. The first-order chi connectivity index (χ1) is 8.20. The van der Waals surface area contributed by atoms with Crippen LogP contribution in [0.2, 0.25) is 0 Å². The lowest BCUT2D eigenvalue weighted by Crippen LogP contribution is -2.10. The minimum absolute atomic E-state index is 0.537. The van der Waals surface area contributed by atoms with Crippen molar-refractivity contribution >= 4 is 33.3 Å². The fourth-order valence-corrected chi connectivity index (χ4v) is 1.84. The SMILES string of the molecule is Cc1cccc(Nc2ncnc(NN)c2Br)c1. The number of rotatable bonds is 3. The van der Waals surface area contributed by atoms with Crippen LogP contribution in [-0.4, -0.2) is 9.97 Å². The van der Waals surface area contributed by atoms with Crippen molar-refractivity contribution in [1.29, 1.82) is 0 Å². The lowest BCUT2D eigenvalue weighted by atomic mass is 10.2. The van der Waals surface area contributed by atoms with Crippen LogP contribution in [0, 0.1) is 6.92 Å². The first-order valence-corrected chi connectivity index (χ1v) is 5.81. The Bertz CT molecular complexity index is 529. The number of anilines is 3. The van der Waals surface area contributed by atoms with Gasteiger partial charge in [-0.2, -0.15) is 0 Å². The average molecular weight is 294 g/mol. The predicted molar refractivity (Wildman–Crippen MR) is 72.0 cm³/mol. The maximum Gasteiger partial charge on any atom is 0.159 e. The highest BCUT2D eigenvalue weighted by Crippen LogP contribution is 2.28. The third kappa shape index (κ3) is 2.72. The van der Waals surface area contributed by atoms with Gasteiger partial charge in [-0.1, -0.05) is 12.1 Å². The van der Waals surface area contributed by atoms with Gasteiger partial charge in [0.15, 0.2) is 5.82 Å². The van der Waals surface area contributed by atoms with E-state index in [1.807, 2.05) is 31.2 Å². The molecule has 0 atom stereocenters. The van der Waals surface area contributed by atoms with Gasteiger partial charge in [0, 0.05) is 5.69 Å². The highest BCUT2D eigenvalue weighted by atomic mass is 79.9. The Morgan fingerprint density at radius 2 is 2.00 bits per heavy atom. The van der Waals surface area contributed by atoms with E-state index < -0.39 is 0 Å². The smallest absolute Gasteiger partial charge is 0.159 e. The number of halogens is 1. The summed E-state index contributed by atoms with van der Waals surface area (Å²) in [5, 5.41) is 3.19. The standard InChI is InChI=1S/C11H12BrN5/c1-7-3-2-4-8(5-7)16-10-9(12)11(17-13)15-6-14-10/h2-6H,13H2,1H3,(H2,14,15,16,17). The van der Waals surface area contributed by atoms with E-state index in [9.17, 15) is 0 Å². The van der Waals surface area contributed by atoms with Crippen LogP contribution >= 0.6 is 15.9 Å². The number of nitrogens with zero attached hydrogens (tertiary/aromatic N) is 2. The van der Waals surface area contributed by atoms with Gasteiger partial charge in [-0.25, -0.2) is 15.8 Å².